The van der Waals surface area contributed by atoms with E-state index in [0.717, 1.165) is 12.8 Å². The first-order valence-corrected chi connectivity index (χ1v) is 21.7. The van der Waals surface area contributed by atoms with Crippen LogP contribution in [0.3, 0.4) is 0 Å². The van der Waals surface area contributed by atoms with Gasteiger partial charge in [-0.15, -0.1) is 0 Å². The summed E-state index contributed by atoms with van der Waals surface area (Å²) in [6.07, 6.45) is 7.94. The fourth-order valence-electron chi connectivity index (χ4n) is 7.67. The van der Waals surface area contributed by atoms with E-state index in [1.807, 2.05) is 49.5 Å². The minimum atomic E-state index is -2.17. The van der Waals surface area contributed by atoms with E-state index in [1.54, 1.807) is 37.3 Å². The van der Waals surface area contributed by atoms with Crippen molar-refractivity contribution in [1.82, 2.24) is 0 Å². The number of fused-ring (bicyclic) bond motifs is 2. The Bertz CT molecular complexity index is 1520. The number of esters is 1. The molecular weight excluding hydrogens is 810 g/mol. The van der Waals surface area contributed by atoms with Gasteiger partial charge in [-0.05, 0) is 51.9 Å². The van der Waals surface area contributed by atoms with Crippen molar-refractivity contribution >= 4 is 11.9 Å². The van der Waals surface area contributed by atoms with E-state index in [2.05, 4.69) is 0 Å². The summed E-state index contributed by atoms with van der Waals surface area (Å²) in [5.74, 6) is -5.99. The van der Waals surface area contributed by atoms with Gasteiger partial charge in [0, 0.05) is 31.6 Å². The van der Waals surface area contributed by atoms with Crippen molar-refractivity contribution in [2.75, 3.05) is 6.61 Å². The highest BCUT2D eigenvalue weighted by Crippen LogP contribution is 2.38. The van der Waals surface area contributed by atoms with E-state index < -0.39 is 122 Å². The second-order valence-electron chi connectivity index (χ2n) is 16.8. The average molecular weight is 882 g/mol. The molecule has 3 heterocycles. The minimum absolute atomic E-state index is 0.0590. The number of carboxylic acid groups (broad SMARTS) is 1. The second kappa shape index (κ2) is 27.2. The van der Waals surface area contributed by atoms with Crippen LogP contribution in [0.5, 0.6) is 0 Å². The molecule has 0 aliphatic carbocycles. The van der Waals surface area contributed by atoms with Gasteiger partial charge in [-0.3, -0.25) is 9.59 Å². The molecule has 2 bridgehead atoms. The molecule has 2 fully saturated rings. The van der Waals surface area contributed by atoms with E-state index in [9.17, 15) is 60.7 Å². The molecule has 3 aliphatic rings. The number of aliphatic hydroxyl groups is 9. The molecule has 3 aliphatic heterocycles. The summed E-state index contributed by atoms with van der Waals surface area (Å²) in [4.78, 5) is 24.9. The number of aliphatic carboxylic acids is 1. The number of ether oxygens (including phenoxy) is 4. The number of hydrogen-bond acceptors (Lipinski definition) is 16. The fraction of sp³-hybridized carbons (Fsp3) is 0.689. The van der Waals surface area contributed by atoms with Gasteiger partial charge in [0.15, 0.2) is 12.1 Å². The molecule has 16 atom stereocenters. The van der Waals surface area contributed by atoms with E-state index in [1.165, 1.54) is 0 Å². The lowest BCUT2D eigenvalue weighted by molar-refractivity contribution is -0.305. The maximum absolute atomic E-state index is 12.5. The Labute approximate surface area is 364 Å². The molecule has 0 aromatic carbocycles. The highest BCUT2D eigenvalue weighted by Gasteiger charge is 2.50. The topological polar surface area (TPSA) is 299 Å². The van der Waals surface area contributed by atoms with Gasteiger partial charge < -0.3 is 75.7 Å². The quantitative estimate of drug-likeness (QED) is 0.178. The number of rotatable bonds is 3. The molecule has 0 unspecified atom stereocenters. The smallest absolute Gasteiger partial charge is 0.311 e. The summed E-state index contributed by atoms with van der Waals surface area (Å²) in [5.41, 5.74) is 5.94. The Morgan fingerprint density at radius 3 is 2.05 bits per heavy atom. The van der Waals surface area contributed by atoms with Crippen LogP contribution in [-0.2, 0) is 28.5 Å². The van der Waals surface area contributed by atoms with Crippen LogP contribution in [-0.4, -0.2) is 155 Å². The van der Waals surface area contributed by atoms with Gasteiger partial charge in [-0.25, -0.2) is 0 Å². The molecule has 17 nitrogen and oxygen atoms in total. The van der Waals surface area contributed by atoms with Crippen LogP contribution in [0.15, 0.2) is 72.9 Å². The van der Waals surface area contributed by atoms with Crippen molar-refractivity contribution in [2.45, 2.75) is 176 Å². The van der Waals surface area contributed by atoms with E-state index in [4.69, 9.17) is 24.7 Å². The summed E-state index contributed by atoms with van der Waals surface area (Å²) in [6, 6.07) is -1.09. The number of carboxylic acids is 1. The zero-order valence-electron chi connectivity index (χ0n) is 35.8. The lowest BCUT2D eigenvalue weighted by Crippen LogP contribution is -2.59. The van der Waals surface area contributed by atoms with Crippen LogP contribution < -0.4 is 5.73 Å². The summed E-state index contributed by atoms with van der Waals surface area (Å²) < 4.78 is 22.8. The summed E-state index contributed by atoms with van der Waals surface area (Å²) in [7, 11) is 0. The van der Waals surface area contributed by atoms with Crippen LogP contribution >= 0.6 is 0 Å². The van der Waals surface area contributed by atoms with Crippen molar-refractivity contribution < 1.29 is 79.6 Å². The predicted molar refractivity (Wildman–Crippen MR) is 227 cm³/mol. The van der Waals surface area contributed by atoms with Gasteiger partial charge in [0.2, 0.25) is 0 Å². The molecule has 0 amide bonds. The molecule has 0 saturated carbocycles. The Morgan fingerprint density at radius 1 is 0.742 bits per heavy atom. The van der Waals surface area contributed by atoms with Crippen LogP contribution in [0.2, 0.25) is 0 Å². The van der Waals surface area contributed by atoms with Crippen LogP contribution in [0, 0.1) is 11.8 Å². The highest BCUT2D eigenvalue weighted by molar-refractivity contribution is 5.71. The number of aliphatic hydroxyl groups excluding tert-OH is 8. The Kier molecular flexibility index (Phi) is 23.4. The van der Waals surface area contributed by atoms with Crippen molar-refractivity contribution in [3.8, 4) is 0 Å². The third-order valence-electron chi connectivity index (χ3n) is 11.1. The largest absolute Gasteiger partial charge is 0.481 e. The second-order valence-corrected chi connectivity index (χ2v) is 16.8. The molecule has 12 N–H and O–H groups in total. The number of carbonyl (C=O) groups excluding carboxylic acids is 1. The molecule has 0 aromatic heterocycles. The number of allylic oxidation sites excluding steroid dienone is 10. The van der Waals surface area contributed by atoms with Crippen molar-refractivity contribution in [1.29, 1.82) is 0 Å². The number of carbonyl (C=O) groups is 2. The molecule has 3 rings (SSSR count). The standard InChI is InChI=1S/C45H71NO16/c1-28-16-13-11-9-7-5-3-4-6-8-10-12-14-19-34(61-44-42(55)41(46)37(53)27-59-44)24-38-40(43(56)57)36(52)26-45(58,62-38)25-31(48)18-15-17-30(47)21-32(49)22-33(50)23-39(54)60-29(2)20-35(28)51/h3-4,6,8-14,16,19,28-38,40-42,44,47-53,55,58H,5,7,15,17-18,20-27,46H2,1-2H3,(H,56,57)/b4-3+,8-6+,11-9+,12-10+,16-13+,19-14+/t28-,29-,30+,31-,32+,33+,34-,35-,36-,37+,38-,40+,41-,42-,44-,45+/m0/s1. The van der Waals surface area contributed by atoms with Gasteiger partial charge >= 0.3 is 11.9 Å². The van der Waals surface area contributed by atoms with Gasteiger partial charge in [0.1, 0.15) is 18.1 Å². The lowest BCUT2D eigenvalue weighted by Gasteiger charge is -2.45. The van der Waals surface area contributed by atoms with Crippen LogP contribution in [0.4, 0.5) is 0 Å². The van der Waals surface area contributed by atoms with Gasteiger partial charge in [-0.1, -0.05) is 79.8 Å². The predicted octanol–water partition coefficient (Wildman–Crippen LogP) is 1.33. The zero-order chi connectivity index (χ0) is 45.8. The normalized spacial score (nSPS) is 43.2. The third-order valence-corrected chi connectivity index (χ3v) is 11.1. The summed E-state index contributed by atoms with van der Waals surface area (Å²) >= 11 is 0. The number of hydrogen-bond donors (Lipinski definition) is 11. The first-order chi connectivity index (χ1) is 29.4. The zero-order valence-corrected chi connectivity index (χ0v) is 35.8. The number of cyclic esters (lactones) is 1. The minimum Gasteiger partial charge on any atom is -0.481 e. The molecule has 0 aromatic rings. The molecular formula is C45H71NO16. The first-order valence-electron chi connectivity index (χ1n) is 21.7. The molecule has 17 heteroatoms. The molecule has 352 valence electrons. The Hall–Kier alpha value is -3.14. The van der Waals surface area contributed by atoms with E-state index in [0.29, 0.717) is 0 Å². The van der Waals surface area contributed by atoms with Gasteiger partial charge in [-0.2, -0.15) is 0 Å². The third kappa shape index (κ3) is 19.3. The molecule has 2 saturated heterocycles. The highest BCUT2D eigenvalue weighted by atomic mass is 16.7. The van der Waals surface area contributed by atoms with Crippen molar-refractivity contribution in [3.05, 3.63) is 72.9 Å². The fourth-order valence-corrected chi connectivity index (χ4v) is 7.67. The maximum Gasteiger partial charge on any atom is 0.311 e. The molecule has 0 spiro atoms. The Morgan fingerprint density at radius 2 is 1.35 bits per heavy atom. The maximum atomic E-state index is 12.5. The summed E-state index contributed by atoms with van der Waals surface area (Å²) in [5, 5.41) is 106. The first kappa shape index (κ1) is 53.2. The van der Waals surface area contributed by atoms with Crippen molar-refractivity contribution in [3.63, 3.8) is 0 Å². The average Bonchev–Trinajstić information content (AvgIpc) is 3.16. The molecule has 0 radical (unpaired) electrons. The van der Waals surface area contributed by atoms with Crippen LogP contribution in [0.25, 0.3) is 0 Å². The molecule has 62 heavy (non-hydrogen) atoms. The summed E-state index contributed by atoms with van der Waals surface area (Å²) in [6.45, 7) is 3.26. The number of nitrogens with two attached hydrogens (primary N) is 1. The monoisotopic (exact) mass is 881 g/mol. The lowest BCUT2D eigenvalue weighted by atomic mass is 9.83. The van der Waals surface area contributed by atoms with Crippen LogP contribution in [0.1, 0.15) is 90.9 Å². The van der Waals surface area contributed by atoms with Gasteiger partial charge in [0.25, 0.3) is 0 Å². The SMILES string of the molecule is C[C@H]1C[C@H](O)[C@@H](C)/C=C/C=C/CC/C=C/C=C/C=C/C=C/[C@H](O[C@@H]2OC[C@@H](O)[C@H](N)[C@@H]2O)C[C@@H]2O[C@](O)(C[C@@H](O)CCC[C@@H](O)C[C@@H](O)C[C@@H](O)CC(=O)O1)C[C@H](O)[C@H]2C(=O)O. The van der Waals surface area contributed by atoms with Crippen molar-refractivity contribution in [2.24, 2.45) is 17.6 Å². The van der Waals surface area contributed by atoms with E-state index in [-0.39, 0.29) is 57.5 Å². The van der Waals surface area contributed by atoms with E-state index >= 15 is 0 Å². The Balaban J connectivity index is 1.78. The van der Waals surface area contributed by atoms with Gasteiger partial charge in [0.05, 0.1) is 74.0 Å².